The number of ether oxygens (including phenoxy) is 1. The van der Waals surface area contributed by atoms with Gasteiger partial charge in [0.15, 0.2) is 0 Å². The minimum atomic E-state index is -4.60. The summed E-state index contributed by atoms with van der Waals surface area (Å²) in [5.74, 6) is -0.502. The molecule has 0 aliphatic rings. The highest BCUT2D eigenvalue weighted by atomic mass is 35.5. The predicted octanol–water partition coefficient (Wildman–Crippen LogP) is 4.00. The summed E-state index contributed by atoms with van der Waals surface area (Å²) in [5, 5.41) is 0. The molecular weight excluding hydrogens is 312 g/mol. The first-order chi connectivity index (χ1) is 8.72. The number of hydrogen-bond donors (Lipinski definition) is 1. The van der Waals surface area contributed by atoms with Crippen LogP contribution in [-0.2, 0) is 0 Å². The Kier molecular flexibility index (Phi) is 7.15. The quantitative estimate of drug-likeness (QED) is 0.803. The van der Waals surface area contributed by atoms with Crippen LogP contribution in [0.5, 0.6) is 5.75 Å². The molecule has 0 amide bonds. The maximum absolute atomic E-state index is 12.6. The molecule has 0 bridgehead atoms. The van der Waals surface area contributed by atoms with Crippen molar-refractivity contribution in [3.63, 3.8) is 0 Å². The Balaban J connectivity index is 0.00000361. The van der Waals surface area contributed by atoms with E-state index in [0.717, 1.165) is 12.1 Å². The van der Waals surface area contributed by atoms with E-state index in [1.54, 1.807) is 0 Å². The summed E-state index contributed by atoms with van der Waals surface area (Å²) < 4.78 is 76.8. The van der Waals surface area contributed by atoms with Gasteiger partial charge >= 0.3 is 12.5 Å². The largest absolute Gasteiger partial charge is 0.461 e. The normalized spacial score (nSPS) is 13.2. The summed E-state index contributed by atoms with van der Waals surface area (Å²) in [6.45, 7) is 0. The molecule has 1 rings (SSSR count). The van der Waals surface area contributed by atoms with Gasteiger partial charge in [-0.15, -0.1) is 12.4 Å². The van der Waals surface area contributed by atoms with Gasteiger partial charge in [-0.25, -0.2) is 8.78 Å². The smallest absolute Gasteiger partial charge is 0.428 e. The van der Waals surface area contributed by atoms with Gasteiger partial charge in [0.2, 0.25) is 6.43 Å². The van der Waals surface area contributed by atoms with Crippen molar-refractivity contribution in [2.75, 3.05) is 0 Å². The van der Waals surface area contributed by atoms with E-state index in [0.29, 0.717) is 0 Å². The predicted molar refractivity (Wildman–Crippen MR) is 62.8 cm³/mol. The Labute approximate surface area is 117 Å². The van der Waals surface area contributed by atoms with Crippen LogP contribution in [0.3, 0.4) is 0 Å². The standard InChI is InChI=1S/C11H11F6NO.ClH/c12-9(13)5-8(18)6-1-3-7(4-2-6)19-11(16,17)10(14)15;/h1-4,8-10H,5,18H2;1H/t8-;/m0./s1. The van der Waals surface area contributed by atoms with E-state index in [4.69, 9.17) is 5.73 Å². The van der Waals surface area contributed by atoms with Gasteiger partial charge in [-0.2, -0.15) is 17.6 Å². The van der Waals surface area contributed by atoms with Crippen LogP contribution < -0.4 is 10.5 Å². The molecule has 0 saturated heterocycles. The van der Waals surface area contributed by atoms with Crippen molar-refractivity contribution in [2.24, 2.45) is 5.73 Å². The Hall–Kier alpha value is -1.15. The van der Waals surface area contributed by atoms with E-state index in [2.05, 4.69) is 4.74 Å². The highest BCUT2D eigenvalue weighted by Gasteiger charge is 2.43. The number of nitrogens with two attached hydrogens (primary N) is 1. The van der Waals surface area contributed by atoms with Crippen LogP contribution in [0.2, 0.25) is 0 Å². The second kappa shape index (κ2) is 7.58. The maximum atomic E-state index is 12.6. The van der Waals surface area contributed by atoms with E-state index in [9.17, 15) is 26.3 Å². The summed E-state index contributed by atoms with van der Waals surface area (Å²) >= 11 is 0. The zero-order valence-electron chi connectivity index (χ0n) is 9.91. The SMILES string of the molecule is Cl.N[C@@H](CC(F)F)c1ccc(OC(F)(F)C(F)F)cc1. The Morgan fingerprint density at radius 3 is 1.95 bits per heavy atom. The summed E-state index contributed by atoms with van der Waals surface area (Å²) in [7, 11) is 0. The number of rotatable bonds is 6. The molecule has 20 heavy (non-hydrogen) atoms. The third-order valence-corrected chi connectivity index (χ3v) is 2.25. The molecule has 0 saturated carbocycles. The lowest BCUT2D eigenvalue weighted by Gasteiger charge is -2.17. The Bertz CT molecular complexity index is 400. The van der Waals surface area contributed by atoms with Crippen molar-refractivity contribution in [3.8, 4) is 5.75 Å². The molecule has 0 aromatic heterocycles. The van der Waals surface area contributed by atoms with Gasteiger partial charge in [-0.3, -0.25) is 0 Å². The van der Waals surface area contributed by atoms with Gasteiger partial charge in [0.05, 0.1) is 0 Å². The molecule has 1 aromatic carbocycles. The van der Waals surface area contributed by atoms with Gasteiger partial charge < -0.3 is 10.5 Å². The monoisotopic (exact) mass is 323 g/mol. The first-order valence-corrected chi connectivity index (χ1v) is 5.21. The highest BCUT2D eigenvalue weighted by molar-refractivity contribution is 5.85. The average Bonchev–Trinajstić information content (AvgIpc) is 2.28. The zero-order chi connectivity index (χ0) is 14.6. The lowest BCUT2D eigenvalue weighted by molar-refractivity contribution is -0.253. The zero-order valence-corrected chi connectivity index (χ0v) is 10.7. The van der Waals surface area contributed by atoms with Gasteiger partial charge in [0.25, 0.3) is 0 Å². The van der Waals surface area contributed by atoms with Crippen LogP contribution in [0.1, 0.15) is 18.0 Å². The van der Waals surface area contributed by atoms with Crippen molar-refractivity contribution in [1.82, 2.24) is 0 Å². The molecule has 1 aromatic rings. The van der Waals surface area contributed by atoms with Crippen molar-refractivity contribution in [3.05, 3.63) is 29.8 Å². The molecule has 0 aliphatic heterocycles. The average molecular weight is 324 g/mol. The number of alkyl halides is 6. The van der Waals surface area contributed by atoms with Gasteiger partial charge in [-0.1, -0.05) is 12.1 Å². The van der Waals surface area contributed by atoms with Crippen LogP contribution in [0.4, 0.5) is 26.3 Å². The fourth-order valence-corrected chi connectivity index (χ4v) is 1.31. The molecule has 0 heterocycles. The first-order valence-electron chi connectivity index (χ1n) is 5.21. The van der Waals surface area contributed by atoms with Crippen LogP contribution in [-0.4, -0.2) is 19.0 Å². The molecule has 2 nitrogen and oxygen atoms in total. The van der Waals surface area contributed by atoms with Crippen LogP contribution in [0.15, 0.2) is 24.3 Å². The maximum Gasteiger partial charge on any atom is 0.461 e. The summed E-state index contributed by atoms with van der Waals surface area (Å²) in [6.07, 6.45) is -11.8. The lowest BCUT2D eigenvalue weighted by atomic mass is 10.1. The van der Waals surface area contributed by atoms with E-state index >= 15 is 0 Å². The molecule has 0 radical (unpaired) electrons. The van der Waals surface area contributed by atoms with Gasteiger partial charge in [-0.05, 0) is 17.7 Å². The van der Waals surface area contributed by atoms with Crippen molar-refractivity contribution in [2.45, 2.75) is 31.4 Å². The topological polar surface area (TPSA) is 35.2 Å². The van der Waals surface area contributed by atoms with Crippen molar-refractivity contribution >= 4 is 12.4 Å². The molecule has 0 spiro atoms. The van der Waals surface area contributed by atoms with E-state index in [-0.39, 0.29) is 18.0 Å². The third kappa shape index (κ3) is 5.46. The first kappa shape index (κ1) is 18.9. The Morgan fingerprint density at radius 2 is 1.55 bits per heavy atom. The van der Waals surface area contributed by atoms with E-state index in [1.807, 2.05) is 0 Å². The summed E-state index contributed by atoms with van der Waals surface area (Å²) in [4.78, 5) is 0. The number of benzene rings is 1. The fourth-order valence-electron chi connectivity index (χ4n) is 1.31. The molecule has 0 aliphatic carbocycles. The lowest BCUT2D eigenvalue weighted by Crippen LogP contribution is -2.33. The second-order valence-electron chi connectivity index (χ2n) is 3.77. The molecule has 116 valence electrons. The molecule has 2 N–H and O–H groups in total. The fraction of sp³-hybridized carbons (Fsp3) is 0.455. The number of hydrogen-bond acceptors (Lipinski definition) is 2. The summed E-state index contributed by atoms with van der Waals surface area (Å²) in [6, 6.07) is 3.31. The second-order valence-corrected chi connectivity index (χ2v) is 3.77. The highest BCUT2D eigenvalue weighted by Crippen LogP contribution is 2.28. The van der Waals surface area contributed by atoms with Crippen LogP contribution in [0, 0.1) is 0 Å². The number of halogens is 7. The van der Waals surface area contributed by atoms with Crippen LogP contribution in [0.25, 0.3) is 0 Å². The molecule has 1 atom stereocenters. The van der Waals surface area contributed by atoms with Crippen molar-refractivity contribution < 1.29 is 31.1 Å². The van der Waals surface area contributed by atoms with Gasteiger partial charge in [0.1, 0.15) is 5.75 Å². The van der Waals surface area contributed by atoms with Crippen LogP contribution >= 0.6 is 12.4 Å². The molecular formula is C11H12ClF6NO. The van der Waals surface area contributed by atoms with E-state index < -0.39 is 37.2 Å². The minimum absolute atomic E-state index is 0. The van der Waals surface area contributed by atoms with E-state index in [1.165, 1.54) is 12.1 Å². The summed E-state index contributed by atoms with van der Waals surface area (Å²) in [5.41, 5.74) is 5.70. The third-order valence-electron chi connectivity index (χ3n) is 2.25. The Morgan fingerprint density at radius 1 is 1.05 bits per heavy atom. The van der Waals surface area contributed by atoms with Crippen molar-refractivity contribution in [1.29, 1.82) is 0 Å². The molecule has 9 heteroatoms. The minimum Gasteiger partial charge on any atom is -0.428 e. The molecule has 0 unspecified atom stereocenters. The van der Waals surface area contributed by atoms with Gasteiger partial charge in [0, 0.05) is 12.5 Å². The molecule has 0 fully saturated rings.